The minimum atomic E-state index is -4.77. The fraction of sp³-hybridized carbons (Fsp3) is 0.683. The van der Waals surface area contributed by atoms with E-state index in [4.69, 9.17) is 23.3 Å². The lowest BCUT2D eigenvalue weighted by atomic mass is 10.1. The van der Waals surface area contributed by atoms with Gasteiger partial charge in [-0.15, -0.1) is 0 Å². The molecule has 0 bridgehead atoms. The summed E-state index contributed by atoms with van der Waals surface area (Å²) in [4.78, 5) is 48.5. The molecule has 3 unspecified atom stereocenters. The number of carbonyl (C=O) groups excluding carboxylic acids is 3. The average Bonchev–Trinajstić information content (AvgIpc) is 3.37. The van der Waals surface area contributed by atoms with Crippen LogP contribution in [0.2, 0.25) is 0 Å². The van der Waals surface area contributed by atoms with Crippen LogP contribution < -0.4 is 0 Å². The van der Waals surface area contributed by atoms with Gasteiger partial charge in [0, 0.05) is 19.3 Å². The number of allylic oxidation sites excluding steroid dienone is 16. The van der Waals surface area contributed by atoms with Crippen molar-refractivity contribution in [1.29, 1.82) is 0 Å². The smallest absolute Gasteiger partial charge is 0.462 e. The molecule has 0 aromatic rings. The molecule has 0 amide bonds. The van der Waals surface area contributed by atoms with Crippen molar-refractivity contribution in [3.05, 3.63) is 97.2 Å². The van der Waals surface area contributed by atoms with Crippen LogP contribution in [0, 0.1) is 0 Å². The van der Waals surface area contributed by atoms with Gasteiger partial charge >= 0.3 is 25.7 Å². The number of unbranched alkanes of at least 4 members (excludes halogenated alkanes) is 18. The first-order valence-electron chi connectivity index (χ1n) is 28.1. The summed E-state index contributed by atoms with van der Waals surface area (Å²) in [6.45, 7) is 4.39. The quantitative estimate of drug-likeness (QED) is 0.0197. The van der Waals surface area contributed by atoms with Gasteiger partial charge in [-0.3, -0.25) is 23.4 Å². The predicted octanol–water partition coefficient (Wildman–Crippen LogP) is 16.5. The standard InChI is InChI=1S/C60H101O11P/c1-4-7-10-13-16-19-22-25-28-31-34-37-40-43-46-49-58(62)67-53-57(71-60(64)51-48-45-42-39-36-33-30-27-24-21-18-15-12-9-6-3)55-69-72(65,66)68-54-56(52-61)70-59(63)50-47-44-41-38-35-32-29-26-23-20-17-14-11-8-5-2/h9,12,16-21,25-30,36,39,56-57,61H,4-8,10-11,13-15,22-24,31-35,37-38,40-55H2,1-3H3,(H,65,66)/b12-9-,19-16-,20-17-,21-18-,28-25-,29-26-,30-27-,39-36-. The molecule has 0 rings (SSSR count). The van der Waals surface area contributed by atoms with Gasteiger partial charge in [0.05, 0.1) is 19.8 Å². The highest BCUT2D eigenvalue weighted by Gasteiger charge is 2.28. The monoisotopic (exact) mass is 1030 g/mol. The third-order valence-corrected chi connectivity index (χ3v) is 12.4. The van der Waals surface area contributed by atoms with E-state index in [1.54, 1.807) is 0 Å². The topological polar surface area (TPSA) is 155 Å². The van der Waals surface area contributed by atoms with Crippen molar-refractivity contribution in [2.75, 3.05) is 26.4 Å². The number of esters is 3. The van der Waals surface area contributed by atoms with Crippen molar-refractivity contribution in [1.82, 2.24) is 0 Å². The number of carbonyl (C=O) groups is 3. The maximum atomic E-state index is 12.9. The molecule has 2 N–H and O–H groups in total. The fourth-order valence-corrected chi connectivity index (χ4v) is 7.95. The van der Waals surface area contributed by atoms with Crippen LogP contribution in [0.1, 0.15) is 226 Å². The van der Waals surface area contributed by atoms with Gasteiger partial charge in [-0.25, -0.2) is 4.57 Å². The van der Waals surface area contributed by atoms with Gasteiger partial charge in [-0.2, -0.15) is 0 Å². The molecule has 0 saturated carbocycles. The van der Waals surface area contributed by atoms with E-state index in [2.05, 4.69) is 118 Å². The molecule has 12 heteroatoms. The first-order valence-corrected chi connectivity index (χ1v) is 29.6. The molecule has 412 valence electrons. The summed E-state index contributed by atoms with van der Waals surface area (Å²) >= 11 is 0. The zero-order chi connectivity index (χ0) is 52.7. The van der Waals surface area contributed by atoms with Crippen LogP contribution >= 0.6 is 7.82 Å². The van der Waals surface area contributed by atoms with Gasteiger partial charge in [-0.1, -0.05) is 182 Å². The molecule has 0 fully saturated rings. The number of hydrogen-bond acceptors (Lipinski definition) is 10. The van der Waals surface area contributed by atoms with Crippen molar-refractivity contribution in [2.24, 2.45) is 0 Å². The molecule has 0 radical (unpaired) electrons. The van der Waals surface area contributed by atoms with Crippen LogP contribution in [0.4, 0.5) is 0 Å². The van der Waals surface area contributed by atoms with Crippen molar-refractivity contribution in [3.63, 3.8) is 0 Å². The SMILES string of the molecule is CC/C=C\C/C=C\C/C=C\C/C=C\CCCCC(=O)OC(COC(=O)CCCCCCC/C=C\C/C=C\CCCCC)COP(=O)(O)OCC(CO)OC(=O)CCCCCCC/C=C\C/C=C\CCCCC. The maximum absolute atomic E-state index is 12.9. The number of hydrogen-bond donors (Lipinski definition) is 2. The van der Waals surface area contributed by atoms with Crippen LogP contribution in [-0.2, 0) is 42.2 Å². The number of phosphoric ester groups is 1. The average molecular weight is 1030 g/mol. The lowest BCUT2D eigenvalue weighted by Crippen LogP contribution is -2.30. The van der Waals surface area contributed by atoms with E-state index in [1.807, 2.05) is 0 Å². The van der Waals surface area contributed by atoms with Crippen molar-refractivity contribution in [2.45, 2.75) is 238 Å². The van der Waals surface area contributed by atoms with Crippen molar-refractivity contribution in [3.8, 4) is 0 Å². The lowest BCUT2D eigenvalue weighted by Gasteiger charge is -2.21. The summed E-state index contributed by atoms with van der Waals surface area (Å²) in [5.74, 6) is -1.55. The third-order valence-electron chi connectivity index (χ3n) is 11.5. The van der Waals surface area contributed by atoms with E-state index < -0.39 is 57.8 Å². The first kappa shape index (κ1) is 68.4. The zero-order valence-corrected chi connectivity index (χ0v) is 46.3. The van der Waals surface area contributed by atoms with Crippen LogP contribution in [0.5, 0.6) is 0 Å². The van der Waals surface area contributed by atoms with Crippen molar-refractivity contribution >= 4 is 25.7 Å². The van der Waals surface area contributed by atoms with Crippen molar-refractivity contribution < 1.29 is 52.2 Å². The largest absolute Gasteiger partial charge is 0.472 e. The summed E-state index contributed by atoms with van der Waals surface area (Å²) < 4.78 is 39.4. The maximum Gasteiger partial charge on any atom is 0.472 e. The Hall–Kier alpha value is -3.60. The Kier molecular flexibility index (Phi) is 51.0. The number of aliphatic hydroxyl groups excluding tert-OH is 1. The van der Waals surface area contributed by atoms with Crippen LogP contribution in [-0.4, -0.2) is 66.5 Å². The molecule has 3 atom stereocenters. The third kappa shape index (κ3) is 51.3. The minimum absolute atomic E-state index is 0.107. The number of aliphatic hydroxyl groups is 1. The van der Waals surface area contributed by atoms with E-state index in [0.29, 0.717) is 19.3 Å². The molecule has 0 aliphatic carbocycles. The van der Waals surface area contributed by atoms with Gasteiger partial charge in [0.25, 0.3) is 0 Å². The van der Waals surface area contributed by atoms with E-state index in [-0.39, 0.29) is 25.9 Å². The lowest BCUT2D eigenvalue weighted by molar-refractivity contribution is -0.161. The van der Waals surface area contributed by atoms with E-state index in [0.717, 1.165) is 128 Å². The minimum Gasteiger partial charge on any atom is -0.462 e. The van der Waals surface area contributed by atoms with E-state index in [9.17, 15) is 28.9 Å². The molecular weight excluding hydrogens is 928 g/mol. The number of ether oxygens (including phenoxy) is 3. The molecule has 0 aliphatic rings. The summed E-state index contributed by atoms with van der Waals surface area (Å²) in [5, 5.41) is 9.80. The highest BCUT2D eigenvalue weighted by molar-refractivity contribution is 7.47. The molecule has 0 aromatic heterocycles. The second kappa shape index (κ2) is 53.7. The summed E-state index contributed by atoms with van der Waals surface area (Å²) in [7, 11) is -4.77. The molecule has 0 heterocycles. The molecular formula is C60H101O11P. The number of rotatable bonds is 51. The van der Waals surface area contributed by atoms with E-state index >= 15 is 0 Å². The molecule has 0 spiro atoms. The zero-order valence-electron chi connectivity index (χ0n) is 45.4. The second-order valence-electron chi connectivity index (χ2n) is 18.4. The van der Waals surface area contributed by atoms with Gasteiger partial charge < -0.3 is 24.2 Å². The summed E-state index contributed by atoms with van der Waals surface area (Å²) in [6, 6.07) is 0. The first-order chi connectivity index (χ1) is 35.2. The van der Waals surface area contributed by atoms with Crippen LogP contribution in [0.25, 0.3) is 0 Å². The predicted molar refractivity (Wildman–Crippen MR) is 297 cm³/mol. The Bertz CT molecular complexity index is 1580. The summed E-state index contributed by atoms with van der Waals surface area (Å²) in [5.41, 5.74) is 0. The molecule has 0 aliphatic heterocycles. The van der Waals surface area contributed by atoms with Crippen LogP contribution in [0.3, 0.4) is 0 Å². The Balaban J connectivity index is 4.82. The Labute approximate surface area is 438 Å². The molecule has 72 heavy (non-hydrogen) atoms. The van der Waals surface area contributed by atoms with Gasteiger partial charge in [0.2, 0.25) is 0 Å². The van der Waals surface area contributed by atoms with Gasteiger partial charge in [-0.05, 0) is 122 Å². The fourth-order valence-electron chi connectivity index (χ4n) is 7.17. The normalized spacial score (nSPS) is 14.1. The number of phosphoric acid groups is 1. The molecule has 0 saturated heterocycles. The summed E-state index contributed by atoms with van der Waals surface area (Å²) in [6.07, 6.45) is 62.2. The Morgan fingerprint density at radius 2 is 0.722 bits per heavy atom. The highest BCUT2D eigenvalue weighted by Crippen LogP contribution is 2.43. The van der Waals surface area contributed by atoms with Gasteiger partial charge in [0.1, 0.15) is 12.7 Å². The Morgan fingerprint density at radius 3 is 1.14 bits per heavy atom. The van der Waals surface area contributed by atoms with E-state index in [1.165, 1.54) is 38.5 Å². The second-order valence-corrected chi connectivity index (χ2v) is 19.8. The van der Waals surface area contributed by atoms with Gasteiger partial charge in [0.15, 0.2) is 6.10 Å². The highest BCUT2D eigenvalue weighted by atomic mass is 31.2. The van der Waals surface area contributed by atoms with Crippen LogP contribution in [0.15, 0.2) is 97.2 Å². The molecule has 0 aromatic carbocycles. The molecule has 11 nitrogen and oxygen atoms in total. The Morgan fingerprint density at radius 1 is 0.403 bits per heavy atom.